The summed E-state index contributed by atoms with van der Waals surface area (Å²) in [5, 5.41) is 3.62. The molecule has 0 radical (unpaired) electrons. The molecule has 0 aliphatic carbocycles. The normalized spacial score (nSPS) is 15.7. The maximum Gasteiger partial charge on any atom is 0.257 e. The molecule has 2 aromatic rings. The predicted molar refractivity (Wildman–Crippen MR) is 117 cm³/mol. The van der Waals surface area contributed by atoms with Crippen molar-refractivity contribution in [2.45, 2.75) is 38.6 Å². The van der Waals surface area contributed by atoms with Crippen molar-refractivity contribution >= 4 is 23.4 Å². The van der Waals surface area contributed by atoms with E-state index in [4.69, 9.17) is 16.3 Å². The van der Waals surface area contributed by atoms with Crippen LogP contribution < -0.4 is 10.1 Å². The molecule has 2 amide bonds. The summed E-state index contributed by atoms with van der Waals surface area (Å²) in [7, 11) is 1.47. The van der Waals surface area contributed by atoms with Crippen LogP contribution in [-0.2, 0) is 4.79 Å². The summed E-state index contributed by atoms with van der Waals surface area (Å²) in [6.45, 7) is 5.20. The van der Waals surface area contributed by atoms with Gasteiger partial charge in [0, 0.05) is 24.3 Å². The molecule has 0 unspecified atom stereocenters. The first-order valence-corrected chi connectivity index (χ1v) is 10.6. The third-order valence-corrected chi connectivity index (χ3v) is 5.83. The van der Waals surface area contributed by atoms with Gasteiger partial charge in [0.25, 0.3) is 5.91 Å². The van der Waals surface area contributed by atoms with Gasteiger partial charge in [-0.05, 0) is 54.5 Å². The van der Waals surface area contributed by atoms with E-state index in [2.05, 4.69) is 22.4 Å². The van der Waals surface area contributed by atoms with Crippen molar-refractivity contribution < 1.29 is 14.3 Å². The number of carbonyl (C=O) groups excluding carboxylic acids is 2. The van der Waals surface area contributed by atoms with Crippen molar-refractivity contribution in [1.29, 1.82) is 0 Å². The number of nitrogens with zero attached hydrogens (tertiary/aromatic N) is 2. The summed E-state index contributed by atoms with van der Waals surface area (Å²) in [5.41, 5.74) is 1.57. The largest absolute Gasteiger partial charge is 0.480 e. The third kappa shape index (κ3) is 5.11. The number of carbonyl (C=O) groups is 2. The Morgan fingerprint density at radius 3 is 2.43 bits per heavy atom. The quantitative estimate of drug-likeness (QED) is 0.755. The van der Waals surface area contributed by atoms with Gasteiger partial charge in [0.15, 0.2) is 0 Å². The number of rotatable bonds is 6. The predicted octanol–water partition coefficient (Wildman–Crippen LogP) is 3.90. The van der Waals surface area contributed by atoms with Crippen LogP contribution in [0.3, 0.4) is 0 Å². The maximum absolute atomic E-state index is 13.2. The molecule has 1 saturated heterocycles. The van der Waals surface area contributed by atoms with E-state index in [1.54, 1.807) is 18.3 Å². The van der Waals surface area contributed by atoms with Crippen molar-refractivity contribution in [3.63, 3.8) is 0 Å². The zero-order valence-electron chi connectivity index (χ0n) is 17.6. The van der Waals surface area contributed by atoms with Gasteiger partial charge in [-0.15, -0.1) is 0 Å². The van der Waals surface area contributed by atoms with Gasteiger partial charge >= 0.3 is 0 Å². The van der Waals surface area contributed by atoms with Crippen molar-refractivity contribution in [2.75, 3.05) is 20.2 Å². The molecule has 1 aromatic heterocycles. The number of hydrogen-bond acceptors (Lipinski definition) is 4. The highest BCUT2D eigenvalue weighted by atomic mass is 35.5. The summed E-state index contributed by atoms with van der Waals surface area (Å²) >= 11 is 5.99. The Labute approximate surface area is 182 Å². The summed E-state index contributed by atoms with van der Waals surface area (Å²) < 4.78 is 5.17. The minimum atomic E-state index is -0.602. The Kier molecular flexibility index (Phi) is 7.32. The highest BCUT2D eigenvalue weighted by Gasteiger charge is 2.32. The number of pyridine rings is 1. The monoisotopic (exact) mass is 429 g/mol. The van der Waals surface area contributed by atoms with E-state index < -0.39 is 6.04 Å². The summed E-state index contributed by atoms with van der Waals surface area (Å²) in [5.74, 6) is 0.212. The fraction of sp³-hybridized carbons (Fsp3) is 0.435. The first-order valence-electron chi connectivity index (χ1n) is 10.2. The van der Waals surface area contributed by atoms with E-state index in [1.165, 1.54) is 12.7 Å². The van der Waals surface area contributed by atoms with E-state index in [9.17, 15) is 9.59 Å². The Hall–Kier alpha value is -2.60. The molecule has 30 heavy (non-hydrogen) atoms. The first kappa shape index (κ1) is 22.1. The average molecular weight is 430 g/mol. The van der Waals surface area contributed by atoms with Crippen molar-refractivity contribution in [3.05, 3.63) is 58.7 Å². The first-order chi connectivity index (χ1) is 14.4. The summed E-state index contributed by atoms with van der Waals surface area (Å²) in [6.07, 6.45) is 3.34. The van der Waals surface area contributed by atoms with Crippen LogP contribution in [0.15, 0.2) is 42.6 Å². The van der Waals surface area contributed by atoms with Crippen LogP contribution >= 0.6 is 11.6 Å². The standard InChI is InChI=1S/C23H28ClN3O3/c1-15(2)20(26-21(28)19-5-4-12-25-22(19)30-3)23(29)27-13-10-17(11-14-27)16-6-8-18(24)9-7-16/h4-9,12,15,17,20H,10-11,13-14H2,1-3H3,(H,26,28)/t20-/m1/s1. The second-order valence-corrected chi connectivity index (χ2v) is 8.34. The van der Waals surface area contributed by atoms with Gasteiger partial charge in [-0.1, -0.05) is 37.6 Å². The van der Waals surface area contributed by atoms with Crippen LogP contribution in [0.25, 0.3) is 0 Å². The van der Waals surface area contributed by atoms with Gasteiger partial charge in [-0.25, -0.2) is 4.98 Å². The summed E-state index contributed by atoms with van der Waals surface area (Å²) in [6, 6.07) is 10.6. The van der Waals surface area contributed by atoms with Gasteiger partial charge in [0.05, 0.1) is 7.11 Å². The molecule has 2 heterocycles. The van der Waals surface area contributed by atoms with Crippen LogP contribution in [0.2, 0.25) is 5.02 Å². The summed E-state index contributed by atoms with van der Waals surface area (Å²) in [4.78, 5) is 31.9. The van der Waals surface area contributed by atoms with Crippen LogP contribution in [0, 0.1) is 5.92 Å². The topological polar surface area (TPSA) is 71.5 Å². The average Bonchev–Trinajstić information content (AvgIpc) is 2.77. The number of aromatic nitrogens is 1. The van der Waals surface area contributed by atoms with Crippen molar-refractivity contribution in [2.24, 2.45) is 5.92 Å². The SMILES string of the molecule is COc1ncccc1C(=O)N[C@@H](C(=O)N1CCC(c2ccc(Cl)cc2)CC1)C(C)C. The van der Waals surface area contributed by atoms with E-state index >= 15 is 0 Å². The third-order valence-electron chi connectivity index (χ3n) is 5.58. The van der Waals surface area contributed by atoms with E-state index in [1.807, 2.05) is 30.9 Å². The smallest absolute Gasteiger partial charge is 0.257 e. The Morgan fingerprint density at radius 2 is 1.83 bits per heavy atom. The lowest BCUT2D eigenvalue weighted by Crippen LogP contribution is -2.52. The van der Waals surface area contributed by atoms with Crippen molar-refractivity contribution in [3.8, 4) is 5.88 Å². The number of benzene rings is 1. The fourth-order valence-corrected chi connectivity index (χ4v) is 3.95. The molecule has 1 aromatic carbocycles. The van der Waals surface area contributed by atoms with Gasteiger partial charge in [-0.3, -0.25) is 9.59 Å². The minimum absolute atomic E-state index is 0.0434. The zero-order chi connectivity index (χ0) is 21.7. The molecule has 1 aliphatic rings. The van der Waals surface area contributed by atoms with Crippen LogP contribution in [-0.4, -0.2) is 47.9 Å². The van der Waals surface area contributed by atoms with Crippen LogP contribution in [0.4, 0.5) is 0 Å². The minimum Gasteiger partial charge on any atom is -0.480 e. The molecule has 1 aliphatic heterocycles. The second-order valence-electron chi connectivity index (χ2n) is 7.91. The number of halogens is 1. The highest BCUT2D eigenvalue weighted by molar-refractivity contribution is 6.30. The van der Waals surface area contributed by atoms with E-state index in [0.717, 1.165) is 17.9 Å². The van der Waals surface area contributed by atoms with Crippen molar-refractivity contribution in [1.82, 2.24) is 15.2 Å². The molecule has 0 saturated carbocycles. The molecule has 160 valence electrons. The van der Waals surface area contributed by atoms with E-state index in [0.29, 0.717) is 24.6 Å². The molecule has 1 atom stereocenters. The molecule has 0 bridgehead atoms. The Bertz CT molecular complexity index is 878. The lowest BCUT2D eigenvalue weighted by Gasteiger charge is -2.35. The number of amides is 2. The van der Waals surface area contributed by atoms with Crippen LogP contribution in [0.1, 0.15) is 48.5 Å². The number of methoxy groups -OCH3 is 1. The van der Waals surface area contributed by atoms with E-state index in [-0.39, 0.29) is 23.6 Å². The Balaban J connectivity index is 1.64. The highest BCUT2D eigenvalue weighted by Crippen LogP contribution is 2.29. The molecule has 1 N–H and O–H groups in total. The lowest BCUT2D eigenvalue weighted by atomic mass is 9.89. The van der Waals surface area contributed by atoms with Gasteiger partial charge < -0.3 is 15.0 Å². The zero-order valence-corrected chi connectivity index (χ0v) is 18.4. The fourth-order valence-electron chi connectivity index (χ4n) is 3.82. The molecule has 3 rings (SSSR count). The molecule has 1 fully saturated rings. The van der Waals surface area contributed by atoms with Gasteiger partial charge in [0.2, 0.25) is 11.8 Å². The molecule has 0 spiro atoms. The molecule has 6 nitrogen and oxygen atoms in total. The number of nitrogens with one attached hydrogen (secondary N) is 1. The maximum atomic E-state index is 13.2. The Morgan fingerprint density at radius 1 is 1.17 bits per heavy atom. The van der Waals surface area contributed by atoms with Gasteiger partial charge in [-0.2, -0.15) is 0 Å². The number of hydrogen-bond donors (Lipinski definition) is 1. The number of likely N-dealkylation sites (tertiary alicyclic amines) is 1. The molecular weight excluding hydrogens is 402 g/mol. The number of ether oxygens (including phenoxy) is 1. The molecule has 7 heteroatoms. The molecular formula is C23H28ClN3O3. The van der Waals surface area contributed by atoms with Crippen LogP contribution in [0.5, 0.6) is 5.88 Å². The lowest BCUT2D eigenvalue weighted by molar-refractivity contribution is -0.135. The van der Waals surface area contributed by atoms with Gasteiger partial charge in [0.1, 0.15) is 11.6 Å². The second kappa shape index (κ2) is 9.94. The number of piperidine rings is 1.